The van der Waals surface area contributed by atoms with Crippen LogP contribution in [0.1, 0.15) is 59.9 Å². The molecule has 1 aliphatic carbocycles. The van der Waals surface area contributed by atoms with E-state index in [0.717, 1.165) is 31.6 Å². The van der Waals surface area contributed by atoms with Gasteiger partial charge in [-0.25, -0.2) is 4.79 Å². The van der Waals surface area contributed by atoms with Crippen LogP contribution in [0, 0.1) is 0 Å². The van der Waals surface area contributed by atoms with Crippen LogP contribution in [0.4, 0.5) is 16.2 Å². The van der Waals surface area contributed by atoms with Crippen LogP contribution in [0.3, 0.4) is 0 Å². The molecule has 0 aliphatic heterocycles. The van der Waals surface area contributed by atoms with Crippen LogP contribution >= 0.6 is 0 Å². The molecule has 0 saturated heterocycles. The van der Waals surface area contributed by atoms with E-state index in [1.54, 1.807) is 11.0 Å². The maximum Gasteiger partial charge on any atom is 0.339 e. The van der Waals surface area contributed by atoms with Crippen molar-refractivity contribution in [1.82, 2.24) is 10.2 Å². The summed E-state index contributed by atoms with van der Waals surface area (Å²) in [5.41, 5.74) is 1.52. The zero-order valence-electron chi connectivity index (χ0n) is 22.5. The van der Waals surface area contributed by atoms with E-state index in [1.165, 1.54) is 31.2 Å². The molecule has 202 valence electrons. The van der Waals surface area contributed by atoms with Gasteiger partial charge in [-0.1, -0.05) is 6.07 Å². The quantitative estimate of drug-likeness (QED) is 0.430. The van der Waals surface area contributed by atoms with Crippen LogP contribution in [0.2, 0.25) is 0 Å². The van der Waals surface area contributed by atoms with Gasteiger partial charge in [-0.15, -0.1) is 0 Å². The third kappa shape index (κ3) is 7.85. The molecule has 0 spiro atoms. The zero-order valence-corrected chi connectivity index (χ0v) is 23.3. The average Bonchev–Trinajstić information content (AvgIpc) is 3.63. The fraction of sp³-hybridized carbons (Fsp3) is 0.481. The number of carbonyl (C=O) groups excluding carboxylic acids is 2. The first kappa shape index (κ1) is 28.3. The van der Waals surface area contributed by atoms with E-state index in [4.69, 9.17) is 4.18 Å². The molecule has 10 heteroatoms. The Morgan fingerprint density at radius 1 is 1.03 bits per heavy atom. The molecule has 1 saturated carbocycles. The Labute approximate surface area is 220 Å². The Bertz CT molecular complexity index is 1210. The first-order valence-corrected chi connectivity index (χ1v) is 14.0. The summed E-state index contributed by atoms with van der Waals surface area (Å²) >= 11 is 0. The second-order valence-corrected chi connectivity index (χ2v) is 11.8. The maximum absolute atomic E-state index is 13.2. The predicted molar refractivity (Wildman–Crippen MR) is 145 cm³/mol. The van der Waals surface area contributed by atoms with Crippen LogP contribution in [-0.2, 0) is 21.5 Å². The van der Waals surface area contributed by atoms with Gasteiger partial charge >= 0.3 is 16.1 Å². The molecule has 2 N–H and O–H groups in total. The van der Waals surface area contributed by atoms with Gasteiger partial charge in [0.25, 0.3) is 0 Å². The summed E-state index contributed by atoms with van der Waals surface area (Å²) in [5.74, 6) is -0.0648. The molecular weight excluding hydrogens is 492 g/mol. The molecule has 1 fully saturated rings. The van der Waals surface area contributed by atoms with Gasteiger partial charge in [0.2, 0.25) is 5.91 Å². The molecule has 0 aromatic heterocycles. The van der Waals surface area contributed by atoms with Crippen molar-refractivity contribution in [2.75, 3.05) is 23.3 Å². The van der Waals surface area contributed by atoms with Gasteiger partial charge in [0.1, 0.15) is 10.6 Å². The van der Waals surface area contributed by atoms with Gasteiger partial charge < -0.3 is 24.6 Å². The van der Waals surface area contributed by atoms with E-state index >= 15 is 0 Å². The van der Waals surface area contributed by atoms with Crippen molar-refractivity contribution in [1.29, 1.82) is 0 Å². The van der Waals surface area contributed by atoms with Gasteiger partial charge in [0.05, 0.1) is 6.54 Å². The number of rotatable bonds is 10. The van der Waals surface area contributed by atoms with Gasteiger partial charge in [-0.05, 0) is 77.8 Å². The van der Waals surface area contributed by atoms with Crippen molar-refractivity contribution in [3.05, 3.63) is 48.0 Å². The highest BCUT2D eigenvalue weighted by molar-refractivity contribution is 7.87. The summed E-state index contributed by atoms with van der Waals surface area (Å²) in [4.78, 5) is 28.1. The fourth-order valence-corrected chi connectivity index (χ4v) is 4.90. The molecule has 0 heterocycles. The van der Waals surface area contributed by atoms with Crippen LogP contribution in [-0.4, -0.2) is 49.9 Å². The van der Waals surface area contributed by atoms with Crippen molar-refractivity contribution >= 4 is 33.4 Å². The molecule has 0 unspecified atom stereocenters. The molecule has 37 heavy (non-hydrogen) atoms. The molecule has 2 aromatic rings. The number of amides is 3. The van der Waals surface area contributed by atoms with E-state index in [2.05, 4.69) is 15.5 Å². The lowest BCUT2D eigenvalue weighted by Gasteiger charge is -2.29. The van der Waals surface area contributed by atoms with Crippen LogP contribution < -0.4 is 19.7 Å². The van der Waals surface area contributed by atoms with Crippen LogP contribution in [0.25, 0.3) is 0 Å². The average molecular weight is 531 g/mol. The highest BCUT2D eigenvalue weighted by Gasteiger charge is 2.35. The molecule has 3 rings (SSSR count). The summed E-state index contributed by atoms with van der Waals surface area (Å²) in [7, 11) is -4.18. The Morgan fingerprint density at radius 2 is 1.65 bits per heavy atom. The second-order valence-electron chi connectivity index (χ2n) is 10.2. The number of anilines is 2. The van der Waals surface area contributed by atoms with E-state index in [-0.39, 0.29) is 35.2 Å². The lowest BCUT2D eigenvalue weighted by molar-refractivity contribution is -0.114. The standard InChI is InChI=1S/C27H38N4O5S/c1-7-30(8-2)23-12-9-20(18-31(22-13-14-22)26(33)29-27(4,5)6)25(17-23)36-37(34,35)24-15-10-21(11-16-24)28-19(3)32/h9-12,15-17,22H,7-8,13-14,18H2,1-6H3,(H,28,32)(H,29,33). The van der Waals surface area contributed by atoms with Gasteiger partial charge in [-0.3, -0.25) is 4.79 Å². The zero-order chi connectivity index (χ0) is 27.4. The highest BCUT2D eigenvalue weighted by atomic mass is 32.2. The summed E-state index contributed by atoms with van der Waals surface area (Å²) < 4.78 is 32.2. The van der Waals surface area contributed by atoms with Crippen LogP contribution in [0.15, 0.2) is 47.4 Å². The minimum atomic E-state index is -4.18. The lowest BCUT2D eigenvalue weighted by atomic mass is 10.1. The van der Waals surface area contributed by atoms with E-state index in [1.807, 2.05) is 46.8 Å². The number of hydrogen-bond acceptors (Lipinski definition) is 6. The van der Waals surface area contributed by atoms with Crippen molar-refractivity contribution < 1.29 is 22.2 Å². The highest BCUT2D eigenvalue weighted by Crippen LogP contribution is 2.34. The Hall–Kier alpha value is -3.27. The molecule has 3 amide bonds. The van der Waals surface area contributed by atoms with E-state index in [9.17, 15) is 18.0 Å². The maximum atomic E-state index is 13.2. The summed E-state index contributed by atoms with van der Waals surface area (Å²) in [6.45, 7) is 12.9. The Kier molecular flexibility index (Phi) is 8.73. The largest absolute Gasteiger partial charge is 0.379 e. The summed E-state index contributed by atoms with van der Waals surface area (Å²) in [6, 6.07) is 11.2. The number of urea groups is 1. The minimum absolute atomic E-state index is 0.0367. The Morgan fingerprint density at radius 3 is 2.16 bits per heavy atom. The minimum Gasteiger partial charge on any atom is -0.379 e. The third-order valence-electron chi connectivity index (χ3n) is 5.91. The van der Waals surface area contributed by atoms with Gasteiger partial charge in [0, 0.05) is 54.6 Å². The van der Waals surface area contributed by atoms with Gasteiger partial charge in [0.15, 0.2) is 0 Å². The van der Waals surface area contributed by atoms with Gasteiger partial charge in [-0.2, -0.15) is 8.42 Å². The SMILES string of the molecule is CCN(CC)c1ccc(CN(C(=O)NC(C)(C)C)C2CC2)c(OS(=O)(=O)c2ccc(NC(C)=O)cc2)c1. The normalized spacial score (nSPS) is 13.6. The number of benzene rings is 2. The van der Waals surface area contributed by atoms with E-state index < -0.39 is 15.7 Å². The fourth-order valence-electron chi connectivity index (χ4n) is 3.94. The first-order valence-electron chi connectivity index (χ1n) is 12.6. The summed E-state index contributed by atoms with van der Waals surface area (Å²) in [5, 5.41) is 5.63. The second kappa shape index (κ2) is 11.4. The van der Waals surface area contributed by atoms with E-state index in [0.29, 0.717) is 11.3 Å². The number of nitrogens with one attached hydrogen (secondary N) is 2. The molecule has 0 atom stereocenters. The molecule has 2 aromatic carbocycles. The number of nitrogens with zero attached hydrogens (tertiary/aromatic N) is 2. The number of hydrogen-bond donors (Lipinski definition) is 2. The monoisotopic (exact) mass is 530 g/mol. The topological polar surface area (TPSA) is 108 Å². The van der Waals surface area contributed by atoms with Crippen molar-refractivity contribution in [2.45, 2.75) is 77.4 Å². The van der Waals surface area contributed by atoms with Crippen molar-refractivity contribution in [3.63, 3.8) is 0 Å². The molecule has 0 radical (unpaired) electrons. The van der Waals surface area contributed by atoms with Crippen molar-refractivity contribution in [2.24, 2.45) is 0 Å². The molecule has 9 nitrogen and oxygen atoms in total. The van der Waals surface area contributed by atoms with Crippen LogP contribution in [0.5, 0.6) is 5.75 Å². The smallest absolute Gasteiger partial charge is 0.339 e. The molecule has 0 bridgehead atoms. The molecule has 1 aliphatic rings. The lowest BCUT2D eigenvalue weighted by Crippen LogP contribution is -2.49. The summed E-state index contributed by atoms with van der Waals surface area (Å²) in [6.07, 6.45) is 1.81. The third-order valence-corrected chi connectivity index (χ3v) is 7.16. The number of carbonyl (C=O) groups is 2. The predicted octanol–water partition coefficient (Wildman–Crippen LogP) is 4.73. The Balaban J connectivity index is 1.95. The van der Waals surface area contributed by atoms with Crippen molar-refractivity contribution in [3.8, 4) is 5.75 Å². The first-order chi connectivity index (χ1) is 17.3. The molecular formula is C27H38N4O5S.